The Labute approximate surface area is 163 Å². The van der Waals surface area contributed by atoms with Crippen LogP contribution >= 0.6 is 22.9 Å². The Morgan fingerprint density at radius 2 is 1.25 bits per heavy atom. The summed E-state index contributed by atoms with van der Waals surface area (Å²) in [5.74, 6) is -0.443. The van der Waals surface area contributed by atoms with E-state index in [2.05, 4.69) is 5.32 Å². The van der Waals surface area contributed by atoms with Crippen molar-refractivity contribution in [3.63, 3.8) is 0 Å². The fraction of sp³-hybridized carbons (Fsp3) is 0.556. The van der Waals surface area contributed by atoms with E-state index < -0.39 is 15.6 Å². The molecule has 2 fully saturated rings. The summed E-state index contributed by atoms with van der Waals surface area (Å²) in [5, 5.41) is 2.14. The van der Waals surface area contributed by atoms with Crippen molar-refractivity contribution in [1.82, 2.24) is 8.43 Å². The minimum absolute atomic E-state index is 0. The maximum absolute atomic E-state index is 10.7. The molecule has 4 amide bonds. The Morgan fingerprint density at radius 1 is 0.958 bits per heavy atom. The zero-order valence-electron chi connectivity index (χ0n) is 11.4. The zero-order valence-corrected chi connectivity index (χ0v) is 15.8. The molecule has 15 heteroatoms. The molecule has 2 aliphatic rings. The van der Waals surface area contributed by atoms with E-state index >= 15 is 0 Å². The molecule has 9 nitrogen and oxygen atoms in total. The van der Waals surface area contributed by atoms with Gasteiger partial charge in [0, 0.05) is 25.7 Å². The first-order chi connectivity index (χ1) is 10.3. The standard InChI is InChI=1S/C4H4INO2.C4H5NO2.CHF3O3S.Ag/c5-6-3(7)1-2-4(6)8;6-3-1-2-4(7)5-3;2-1(3,4)8(5,6)7;/h1-2H2;1-2H2,(H,5,6,7);(H,5,6,7);/q;;;+1/p-1. The van der Waals surface area contributed by atoms with Gasteiger partial charge in [0.25, 0.3) is 0 Å². The summed E-state index contributed by atoms with van der Waals surface area (Å²) < 4.78 is 60.0. The molecule has 24 heavy (non-hydrogen) atoms. The van der Waals surface area contributed by atoms with Crippen molar-refractivity contribution in [2.45, 2.75) is 31.2 Å². The average Bonchev–Trinajstić information content (AvgIpc) is 2.89. The summed E-state index contributed by atoms with van der Waals surface area (Å²) in [7, 11) is -6.09. The Bertz CT molecular complexity index is 581. The number of carbonyl (C=O) groups excluding carboxylic acids is 4. The molecule has 0 bridgehead atoms. The van der Waals surface area contributed by atoms with Gasteiger partial charge in [0.2, 0.25) is 23.6 Å². The van der Waals surface area contributed by atoms with Crippen LogP contribution in [0.15, 0.2) is 0 Å². The Balaban J connectivity index is 0. The number of imide groups is 2. The van der Waals surface area contributed by atoms with Gasteiger partial charge in [-0.2, -0.15) is 13.2 Å². The van der Waals surface area contributed by atoms with E-state index in [1.807, 2.05) is 0 Å². The number of hydrogen-bond acceptors (Lipinski definition) is 7. The Kier molecular flexibility index (Phi) is 11.2. The van der Waals surface area contributed by atoms with Crippen molar-refractivity contribution in [3.8, 4) is 0 Å². The third-order valence-electron chi connectivity index (χ3n) is 2.13. The van der Waals surface area contributed by atoms with Gasteiger partial charge in [0.05, 0.1) is 22.9 Å². The number of hydrogen-bond donors (Lipinski definition) is 1. The Morgan fingerprint density at radius 3 is 1.33 bits per heavy atom. The van der Waals surface area contributed by atoms with Gasteiger partial charge in [-0.05, 0) is 0 Å². The molecule has 0 aromatic carbocycles. The normalized spacial score (nSPS) is 17.3. The number of amides is 4. The second-order valence-corrected chi connectivity index (χ2v) is 6.28. The molecule has 142 valence electrons. The van der Waals surface area contributed by atoms with Crippen molar-refractivity contribution < 1.29 is 67.7 Å². The van der Waals surface area contributed by atoms with E-state index in [4.69, 9.17) is 13.0 Å². The van der Waals surface area contributed by atoms with Gasteiger partial charge in [-0.1, -0.05) is 0 Å². The first kappa shape index (κ1) is 25.7. The van der Waals surface area contributed by atoms with Crippen molar-refractivity contribution in [2.24, 2.45) is 0 Å². The zero-order chi connectivity index (χ0) is 18.4. The van der Waals surface area contributed by atoms with Crippen LogP contribution < -0.4 is 5.32 Å². The third-order valence-corrected chi connectivity index (χ3v) is 3.78. The summed E-state index contributed by atoms with van der Waals surface area (Å²) in [5.41, 5.74) is -5.65. The van der Waals surface area contributed by atoms with Crippen LogP contribution in [0.4, 0.5) is 13.2 Å². The molecular formula is C9H9AgF3IN2O7S. The average molecular weight is 581 g/mol. The number of alkyl halides is 3. The molecule has 2 rings (SSSR count). The second-order valence-electron chi connectivity index (χ2n) is 3.94. The van der Waals surface area contributed by atoms with Crippen molar-refractivity contribution in [2.75, 3.05) is 0 Å². The molecule has 0 aliphatic carbocycles. The minimum atomic E-state index is -6.09. The maximum atomic E-state index is 10.7. The van der Waals surface area contributed by atoms with Gasteiger partial charge in [-0.15, -0.1) is 0 Å². The second kappa shape index (κ2) is 10.4. The van der Waals surface area contributed by atoms with E-state index in [9.17, 15) is 32.3 Å². The molecular weight excluding hydrogens is 572 g/mol. The summed E-state index contributed by atoms with van der Waals surface area (Å²) in [6.45, 7) is 0. The largest absolute Gasteiger partial charge is 1.00 e. The predicted octanol–water partition coefficient (Wildman–Crippen LogP) is -0.0427. The van der Waals surface area contributed by atoms with Crippen molar-refractivity contribution in [3.05, 3.63) is 0 Å². The SMILES string of the molecule is O=C1CCC(=O)N1.O=C1CCC(=O)N1I.O=S(=O)([O-])C(F)(F)F.[Ag+]. The molecule has 0 aromatic rings. The molecule has 1 N–H and O–H groups in total. The van der Waals surface area contributed by atoms with Gasteiger partial charge in [0.1, 0.15) is 0 Å². The fourth-order valence-electron chi connectivity index (χ4n) is 1.06. The molecule has 0 unspecified atom stereocenters. The number of nitrogens with one attached hydrogen (secondary N) is 1. The number of nitrogens with zero attached hydrogens (tertiary/aromatic N) is 1. The summed E-state index contributed by atoms with van der Waals surface area (Å²) in [4.78, 5) is 41.2. The molecule has 0 saturated carbocycles. The van der Waals surface area contributed by atoms with Gasteiger partial charge in [0.15, 0.2) is 10.1 Å². The molecule has 0 aromatic heterocycles. The van der Waals surface area contributed by atoms with Gasteiger partial charge >= 0.3 is 27.9 Å². The minimum Gasteiger partial charge on any atom is -0.741 e. The Hall–Kier alpha value is -0.550. The van der Waals surface area contributed by atoms with Crippen LogP contribution in [-0.2, 0) is 51.7 Å². The van der Waals surface area contributed by atoms with E-state index in [-0.39, 0.29) is 46.0 Å². The van der Waals surface area contributed by atoms with E-state index in [1.165, 1.54) is 0 Å². The van der Waals surface area contributed by atoms with Crippen LogP contribution in [-0.4, -0.2) is 45.2 Å². The predicted molar refractivity (Wildman–Crippen MR) is 73.2 cm³/mol. The molecule has 0 spiro atoms. The van der Waals surface area contributed by atoms with Crippen LogP contribution in [0, 0.1) is 0 Å². The van der Waals surface area contributed by atoms with Crippen LogP contribution in [0.5, 0.6) is 0 Å². The number of halogens is 4. The third kappa shape index (κ3) is 9.67. The number of carbonyl (C=O) groups is 4. The maximum Gasteiger partial charge on any atom is 1.00 e. The van der Waals surface area contributed by atoms with Crippen LogP contribution in [0.3, 0.4) is 0 Å². The van der Waals surface area contributed by atoms with Crippen LogP contribution in [0.25, 0.3) is 0 Å². The van der Waals surface area contributed by atoms with E-state index in [1.54, 1.807) is 22.9 Å². The number of rotatable bonds is 0. The molecule has 0 atom stereocenters. The first-order valence-corrected chi connectivity index (χ1v) is 7.99. The summed E-state index contributed by atoms with van der Waals surface area (Å²) >= 11 is 1.72. The topological polar surface area (TPSA) is 141 Å². The van der Waals surface area contributed by atoms with E-state index in [0.717, 1.165) is 3.11 Å². The van der Waals surface area contributed by atoms with Crippen molar-refractivity contribution >= 4 is 56.6 Å². The van der Waals surface area contributed by atoms with E-state index in [0.29, 0.717) is 25.7 Å². The van der Waals surface area contributed by atoms with Crippen molar-refractivity contribution in [1.29, 1.82) is 0 Å². The summed E-state index contributed by atoms with van der Waals surface area (Å²) in [6, 6.07) is 0. The summed E-state index contributed by atoms with van der Waals surface area (Å²) in [6.07, 6.45) is 1.53. The molecule has 0 radical (unpaired) electrons. The van der Waals surface area contributed by atoms with Gasteiger partial charge in [-0.3, -0.25) is 24.5 Å². The molecule has 2 aliphatic heterocycles. The van der Waals surface area contributed by atoms with Gasteiger partial charge in [-0.25, -0.2) is 11.5 Å². The van der Waals surface area contributed by atoms with Crippen LogP contribution in [0.2, 0.25) is 0 Å². The fourth-order valence-corrected chi connectivity index (χ4v) is 1.54. The monoisotopic (exact) mass is 580 g/mol. The molecule has 2 heterocycles. The molecule has 2 saturated heterocycles. The smallest absolute Gasteiger partial charge is 0.741 e. The first-order valence-electron chi connectivity index (χ1n) is 5.62. The van der Waals surface area contributed by atoms with Crippen LogP contribution in [0.1, 0.15) is 25.7 Å². The van der Waals surface area contributed by atoms with Gasteiger partial charge < -0.3 is 4.55 Å². The quantitative estimate of drug-likeness (QED) is 0.106.